The number of likely N-dealkylation sites (tertiary alicyclic amines) is 1. The lowest BCUT2D eigenvalue weighted by Gasteiger charge is -2.25. The van der Waals surface area contributed by atoms with E-state index < -0.39 is 10.0 Å². The number of nitrogens with one attached hydrogen (secondary N) is 1. The molecule has 1 aliphatic heterocycles. The van der Waals surface area contributed by atoms with Gasteiger partial charge >= 0.3 is 0 Å². The number of sulfonamides is 1. The summed E-state index contributed by atoms with van der Waals surface area (Å²) in [4.78, 5) is 15.1. The summed E-state index contributed by atoms with van der Waals surface area (Å²) in [5, 5.41) is 0. The molecule has 4 rings (SSSR count). The molecule has 29 heavy (non-hydrogen) atoms. The van der Waals surface area contributed by atoms with Crippen LogP contribution in [-0.4, -0.2) is 25.8 Å². The first-order chi connectivity index (χ1) is 14.0. The Morgan fingerprint density at radius 2 is 1.48 bits per heavy atom. The summed E-state index contributed by atoms with van der Waals surface area (Å²) in [6.07, 6.45) is 1.92. The van der Waals surface area contributed by atoms with Crippen LogP contribution in [0.4, 0.5) is 5.69 Å². The summed E-state index contributed by atoms with van der Waals surface area (Å²) >= 11 is 0. The zero-order valence-corrected chi connectivity index (χ0v) is 16.7. The van der Waals surface area contributed by atoms with Crippen LogP contribution >= 0.6 is 0 Å². The lowest BCUT2D eigenvalue weighted by atomic mass is 10.0. The summed E-state index contributed by atoms with van der Waals surface area (Å²) in [5.74, 6) is -0.0335. The third-order valence-electron chi connectivity index (χ3n) is 5.14. The Kier molecular flexibility index (Phi) is 5.36. The first-order valence-electron chi connectivity index (χ1n) is 9.58. The molecule has 1 heterocycles. The summed E-state index contributed by atoms with van der Waals surface area (Å²) in [7, 11) is -3.65. The second-order valence-corrected chi connectivity index (χ2v) is 8.75. The van der Waals surface area contributed by atoms with Crippen LogP contribution in [0.1, 0.15) is 34.8 Å². The zero-order valence-electron chi connectivity index (χ0n) is 15.9. The highest BCUT2D eigenvalue weighted by Crippen LogP contribution is 2.33. The van der Waals surface area contributed by atoms with E-state index in [-0.39, 0.29) is 16.8 Å². The molecule has 1 fully saturated rings. The second kappa shape index (κ2) is 8.09. The van der Waals surface area contributed by atoms with Crippen LogP contribution in [0.15, 0.2) is 89.8 Å². The van der Waals surface area contributed by atoms with Gasteiger partial charge in [-0.15, -0.1) is 0 Å². The fourth-order valence-corrected chi connectivity index (χ4v) is 4.77. The molecule has 0 bridgehead atoms. The predicted octanol–water partition coefficient (Wildman–Crippen LogP) is 4.46. The lowest BCUT2D eigenvalue weighted by Crippen LogP contribution is -2.30. The van der Waals surface area contributed by atoms with Crippen molar-refractivity contribution < 1.29 is 13.2 Å². The number of carbonyl (C=O) groups is 1. The van der Waals surface area contributed by atoms with E-state index in [2.05, 4.69) is 16.9 Å². The summed E-state index contributed by atoms with van der Waals surface area (Å²) in [5.41, 5.74) is 2.12. The van der Waals surface area contributed by atoms with Crippen molar-refractivity contribution in [3.05, 3.63) is 96.1 Å². The van der Waals surface area contributed by atoms with Gasteiger partial charge in [-0.3, -0.25) is 9.52 Å². The third kappa shape index (κ3) is 4.17. The lowest BCUT2D eigenvalue weighted by molar-refractivity contribution is 0.0735. The largest absolute Gasteiger partial charge is 0.332 e. The molecule has 6 heteroatoms. The summed E-state index contributed by atoms with van der Waals surface area (Å²) < 4.78 is 27.4. The molecule has 0 aromatic heterocycles. The minimum atomic E-state index is -3.65. The number of benzene rings is 3. The molecule has 3 aromatic carbocycles. The summed E-state index contributed by atoms with van der Waals surface area (Å²) in [6, 6.07) is 24.9. The van der Waals surface area contributed by atoms with Crippen LogP contribution in [0.2, 0.25) is 0 Å². The number of amides is 1. The van der Waals surface area contributed by atoms with Crippen LogP contribution in [0.25, 0.3) is 0 Å². The van der Waals surface area contributed by atoms with E-state index in [1.165, 1.54) is 12.1 Å². The van der Waals surface area contributed by atoms with Gasteiger partial charge in [0.1, 0.15) is 0 Å². The Balaban J connectivity index is 1.50. The molecule has 3 aromatic rings. The van der Waals surface area contributed by atoms with Gasteiger partial charge in [-0.1, -0.05) is 48.5 Å². The first-order valence-corrected chi connectivity index (χ1v) is 11.1. The minimum absolute atomic E-state index is 0.0335. The van der Waals surface area contributed by atoms with E-state index in [0.29, 0.717) is 11.3 Å². The van der Waals surface area contributed by atoms with Gasteiger partial charge in [0.15, 0.2) is 0 Å². The van der Waals surface area contributed by atoms with Crippen molar-refractivity contribution in [2.75, 3.05) is 11.3 Å². The van der Waals surface area contributed by atoms with Crippen LogP contribution in [0, 0.1) is 0 Å². The van der Waals surface area contributed by atoms with Crippen LogP contribution in [0.5, 0.6) is 0 Å². The third-order valence-corrected chi connectivity index (χ3v) is 6.53. The van der Waals surface area contributed by atoms with Crippen molar-refractivity contribution in [3.63, 3.8) is 0 Å². The van der Waals surface area contributed by atoms with E-state index in [4.69, 9.17) is 0 Å². The Morgan fingerprint density at radius 3 is 2.14 bits per heavy atom. The number of hydrogen-bond acceptors (Lipinski definition) is 3. The average Bonchev–Trinajstić information content (AvgIpc) is 3.25. The van der Waals surface area contributed by atoms with E-state index in [0.717, 1.165) is 24.9 Å². The van der Waals surface area contributed by atoms with Gasteiger partial charge in [-0.05, 0) is 54.8 Å². The number of nitrogens with zero attached hydrogens (tertiary/aromatic N) is 1. The topological polar surface area (TPSA) is 66.5 Å². The van der Waals surface area contributed by atoms with Gasteiger partial charge in [0.05, 0.1) is 10.9 Å². The molecule has 5 nitrogen and oxygen atoms in total. The van der Waals surface area contributed by atoms with Gasteiger partial charge in [-0.25, -0.2) is 8.42 Å². The average molecular weight is 407 g/mol. The number of carbonyl (C=O) groups excluding carboxylic acids is 1. The van der Waals surface area contributed by atoms with Crippen molar-refractivity contribution in [2.24, 2.45) is 0 Å². The molecule has 1 saturated heterocycles. The highest BCUT2D eigenvalue weighted by atomic mass is 32.2. The smallest absolute Gasteiger partial charge is 0.261 e. The van der Waals surface area contributed by atoms with Crippen LogP contribution < -0.4 is 4.72 Å². The Labute approximate surface area is 171 Å². The van der Waals surface area contributed by atoms with Crippen molar-refractivity contribution in [1.82, 2.24) is 4.90 Å². The number of rotatable bonds is 5. The molecule has 0 saturated carbocycles. The fourth-order valence-electron chi connectivity index (χ4n) is 3.69. The molecule has 1 unspecified atom stereocenters. The Hall–Kier alpha value is -3.12. The molecule has 1 aliphatic rings. The maximum absolute atomic E-state index is 13.0. The van der Waals surface area contributed by atoms with Crippen molar-refractivity contribution >= 4 is 21.6 Å². The van der Waals surface area contributed by atoms with Gasteiger partial charge in [0, 0.05) is 17.8 Å². The molecule has 1 amide bonds. The second-order valence-electron chi connectivity index (χ2n) is 7.06. The number of anilines is 1. The van der Waals surface area contributed by atoms with Crippen molar-refractivity contribution in [1.29, 1.82) is 0 Å². The van der Waals surface area contributed by atoms with Crippen LogP contribution in [-0.2, 0) is 10.0 Å². The SMILES string of the molecule is O=C(c1ccc(NS(=O)(=O)c2ccccc2)cc1)N1CCCC1c1ccccc1. The van der Waals surface area contributed by atoms with E-state index in [9.17, 15) is 13.2 Å². The van der Waals surface area contributed by atoms with E-state index in [1.54, 1.807) is 42.5 Å². The van der Waals surface area contributed by atoms with Crippen molar-refractivity contribution in [2.45, 2.75) is 23.8 Å². The molecule has 0 radical (unpaired) electrons. The van der Waals surface area contributed by atoms with E-state index >= 15 is 0 Å². The molecule has 0 spiro atoms. The van der Waals surface area contributed by atoms with Gasteiger partial charge in [-0.2, -0.15) is 0 Å². The van der Waals surface area contributed by atoms with Crippen molar-refractivity contribution in [3.8, 4) is 0 Å². The summed E-state index contributed by atoms with van der Waals surface area (Å²) in [6.45, 7) is 0.723. The Bertz CT molecular complexity index is 1080. The zero-order chi connectivity index (χ0) is 20.3. The van der Waals surface area contributed by atoms with Crippen LogP contribution in [0.3, 0.4) is 0 Å². The quantitative estimate of drug-likeness (QED) is 0.680. The molecule has 148 valence electrons. The molecule has 1 N–H and O–H groups in total. The first kappa shape index (κ1) is 19.2. The number of hydrogen-bond donors (Lipinski definition) is 1. The van der Waals surface area contributed by atoms with Gasteiger partial charge < -0.3 is 4.90 Å². The highest BCUT2D eigenvalue weighted by molar-refractivity contribution is 7.92. The fraction of sp³-hybridized carbons (Fsp3) is 0.174. The van der Waals surface area contributed by atoms with Gasteiger partial charge in [0.25, 0.3) is 15.9 Å². The van der Waals surface area contributed by atoms with Gasteiger partial charge in [0.2, 0.25) is 0 Å². The molecular formula is C23H22N2O3S. The molecular weight excluding hydrogens is 384 g/mol. The molecule has 0 aliphatic carbocycles. The highest BCUT2D eigenvalue weighted by Gasteiger charge is 2.30. The Morgan fingerprint density at radius 1 is 0.862 bits per heavy atom. The van der Waals surface area contributed by atoms with E-state index in [1.807, 2.05) is 23.1 Å². The standard InChI is InChI=1S/C23H22N2O3S/c26-23(25-17-7-12-22(25)18-8-3-1-4-9-18)19-13-15-20(16-14-19)24-29(27,28)21-10-5-2-6-11-21/h1-6,8-11,13-16,22,24H,7,12,17H2. The predicted molar refractivity (Wildman–Crippen MR) is 113 cm³/mol. The maximum atomic E-state index is 13.0. The minimum Gasteiger partial charge on any atom is -0.332 e. The monoisotopic (exact) mass is 406 g/mol. The maximum Gasteiger partial charge on any atom is 0.261 e. The normalized spacial score (nSPS) is 16.6. The molecule has 1 atom stereocenters.